The summed E-state index contributed by atoms with van der Waals surface area (Å²) in [6, 6.07) is 7.66. The molecular formula is C15H12FNO3. The van der Waals surface area contributed by atoms with Gasteiger partial charge in [-0.2, -0.15) is 0 Å². The molecule has 20 heavy (non-hydrogen) atoms. The van der Waals surface area contributed by atoms with Crippen LogP contribution in [0.25, 0.3) is 0 Å². The summed E-state index contributed by atoms with van der Waals surface area (Å²) in [7, 11) is 0. The van der Waals surface area contributed by atoms with Crippen molar-refractivity contribution in [3.8, 4) is 17.6 Å². The maximum atomic E-state index is 13.2. The van der Waals surface area contributed by atoms with Crippen LogP contribution in [0.15, 0.2) is 47.3 Å². The van der Waals surface area contributed by atoms with Gasteiger partial charge in [-0.1, -0.05) is 24.0 Å². The van der Waals surface area contributed by atoms with Crippen LogP contribution in [0.3, 0.4) is 0 Å². The molecule has 0 aliphatic heterocycles. The third kappa shape index (κ3) is 3.89. The van der Waals surface area contributed by atoms with Gasteiger partial charge >= 0.3 is 0 Å². The molecule has 2 rings (SSSR count). The van der Waals surface area contributed by atoms with Crippen LogP contribution >= 0.6 is 0 Å². The highest BCUT2D eigenvalue weighted by Crippen LogP contribution is 2.14. The van der Waals surface area contributed by atoms with Crippen molar-refractivity contribution in [2.75, 3.05) is 13.2 Å². The van der Waals surface area contributed by atoms with Crippen LogP contribution in [0.4, 0.5) is 4.39 Å². The SMILES string of the molecule is O=C(NCC#CCOc1ccccc1F)c1ccoc1. The smallest absolute Gasteiger partial charge is 0.255 e. The van der Waals surface area contributed by atoms with Gasteiger partial charge in [0, 0.05) is 0 Å². The van der Waals surface area contributed by atoms with Crippen LogP contribution in [0.2, 0.25) is 0 Å². The molecule has 0 unspecified atom stereocenters. The molecule has 0 saturated heterocycles. The van der Waals surface area contributed by atoms with Crippen molar-refractivity contribution in [3.05, 3.63) is 54.2 Å². The standard InChI is InChI=1S/C15H12FNO3/c16-13-5-1-2-6-14(13)20-9-4-3-8-17-15(18)12-7-10-19-11-12/h1-2,5-7,10-11H,8-9H2,(H,17,18). The minimum absolute atomic E-state index is 0.0580. The number of nitrogens with one attached hydrogen (secondary N) is 1. The summed E-state index contributed by atoms with van der Waals surface area (Å²) >= 11 is 0. The molecule has 4 nitrogen and oxygen atoms in total. The predicted molar refractivity (Wildman–Crippen MR) is 70.7 cm³/mol. The Morgan fingerprint density at radius 1 is 1.30 bits per heavy atom. The van der Waals surface area contributed by atoms with Crippen molar-refractivity contribution in [2.24, 2.45) is 0 Å². The first-order valence-corrected chi connectivity index (χ1v) is 5.91. The van der Waals surface area contributed by atoms with Crippen LogP contribution in [0.5, 0.6) is 5.75 Å². The lowest BCUT2D eigenvalue weighted by atomic mass is 10.3. The Morgan fingerprint density at radius 2 is 2.15 bits per heavy atom. The molecule has 0 saturated carbocycles. The third-order valence-electron chi connectivity index (χ3n) is 2.38. The molecule has 1 heterocycles. The first-order valence-electron chi connectivity index (χ1n) is 5.91. The second-order valence-corrected chi connectivity index (χ2v) is 3.77. The van der Waals surface area contributed by atoms with Gasteiger partial charge in [0.05, 0.1) is 18.4 Å². The maximum Gasteiger partial charge on any atom is 0.255 e. The zero-order valence-electron chi connectivity index (χ0n) is 10.6. The van der Waals surface area contributed by atoms with Crippen LogP contribution in [-0.2, 0) is 0 Å². The van der Waals surface area contributed by atoms with Crippen molar-refractivity contribution < 1.29 is 18.3 Å². The van der Waals surface area contributed by atoms with Crippen molar-refractivity contribution in [1.82, 2.24) is 5.32 Å². The Balaban J connectivity index is 1.71. The summed E-state index contributed by atoms with van der Waals surface area (Å²) in [6.45, 7) is 0.243. The lowest BCUT2D eigenvalue weighted by molar-refractivity contribution is 0.0958. The van der Waals surface area contributed by atoms with Crippen molar-refractivity contribution in [3.63, 3.8) is 0 Å². The summed E-state index contributed by atoms with van der Waals surface area (Å²) < 4.78 is 23.1. The van der Waals surface area contributed by atoms with E-state index in [1.165, 1.54) is 24.7 Å². The van der Waals surface area contributed by atoms with E-state index in [1.807, 2.05) is 0 Å². The second kappa shape index (κ2) is 7.00. The largest absolute Gasteiger partial charge is 0.478 e. The summed E-state index contributed by atoms with van der Waals surface area (Å²) in [4.78, 5) is 11.5. The molecule has 0 bridgehead atoms. The summed E-state index contributed by atoms with van der Waals surface area (Å²) in [5.41, 5.74) is 0.439. The molecule has 0 spiro atoms. The summed E-state index contributed by atoms with van der Waals surface area (Å²) in [5.74, 6) is 4.86. The quantitative estimate of drug-likeness (QED) is 0.869. The van der Waals surface area contributed by atoms with E-state index in [2.05, 4.69) is 17.2 Å². The topological polar surface area (TPSA) is 51.5 Å². The fourth-order valence-electron chi connectivity index (χ4n) is 1.41. The number of rotatable bonds is 4. The fourth-order valence-corrected chi connectivity index (χ4v) is 1.41. The van der Waals surface area contributed by atoms with Gasteiger partial charge in [-0.15, -0.1) is 0 Å². The van der Waals surface area contributed by atoms with Gasteiger partial charge in [0.1, 0.15) is 12.9 Å². The lowest BCUT2D eigenvalue weighted by Gasteiger charge is -2.02. The van der Waals surface area contributed by atoms with Crippen LogP contribution < -0.4 is 10.1 Å². The molecule has 1 N–H and O–H groups in total. The average Bonchev–Trinajstić information content (AvgIpc) is 2.98. The van der Waals surface area contributed by atoms with Gasteiger partial charge in [-0.05, 0) is 18.2 Å². The van der Waals surface area contributed by atoms with E-state index in [1.54, 1.807) is 18.2 Å². The van der Waals surface area contributed by atoms with Gasteiger partial charge in [0.15, 0.2) is 11.6 Å². The molecule has 0 atom stereocenters. The molecule has 0 radical (unpaired) electrons. The molecule has 0 fully saturated rings. The van der Waals surface area contributed by atoms with Crippen molar-refractivity contribution in [2.45, 2.75) is 0 Å². The molecule has 0 aliphatic carbocycles. The number of ether oxygens (including phenoxy) is 1. The normalized spacial score (nSPS) is 9.45. The van der Waals surface area contributed by atoms with E-state index in [4.69, 9.17) is 9.15 Å². The minimum atomic E-state index is -0.428. The van der Waals surface area contributed by atoms with Gasteiger partial charge in [-0.3, -0.25) is 4.79 Å². The highest BCUT2D eigenvalue weighted by atomic mass is 19.1. The lowest BCUT2D eigenvalue weighted by Crippen LogP contribution is -2.23. The Morgan fingerprint density at radius 3 is 2.90 bits per heavy atom. The fraction of sp³-hybridized carbons (Fsp3) is 0.133. The zero-order valence-corrected chi connectivity index (χ0v) is 10.6. The first-order chi connectivity index (χ1) is 9.77. The number of hydrogen-bond donors (Lipinski definition) is 1. The van der Waals surface area contributed by atoms with Gasteiger partial charge < -0.3 is 14.5 Å². The Bertz CT molecular complexity index is 626. The summed E-state index contributed by atoms with van der Waals surface area (Å²) in [6.07, 6.45) is 2.77. The molecular weight excluding hydrogens is 261 g/mol. The number of furan rings is 1. The highest BCUT2D eigenvalue weighted by molar-refractivity contribution is 5.93. The van der Waals surface area contributed by atoms with Crippen LogP contribution in [-0.4, -0.2) is 19.1 Å². The van der Waals surface area contributed by atoms with E-state index in [0.29, 0.717) is 5.56 Å². The number of para-hydroxylation sites is 1. The van der Waals surface area contributed by atoms with Gasteiger partial charge in [-0.25, -0.2) is 4.39 Å². The summed E-state index contributed by atoms with van der Waals surface area (Å²) in [5, 5.41) is 2.59. The molecule has 1 aromatic carbocycles. The second-order valence-electron chi connectivity index (χ2n) is 3.77. The molecule has 1 amide bonds. The number of amides is 1. The Hall–Kier alpha value is -2.74. The number of benzene rings is 1. The van der Waals surface area contributed by atoms with Crippen LogP contribution in [0, 0.1) is 17.7 Å². The first kappa shape index (κ1) is 13.7. The average molecular weight is 273 g/mol. The van der Waals surface area contributed by atoms with E-state index in [-0.39, 0.29) is 24.8 Å². The molecule has 2 aromatic rings. The number of halogens is 1. The number of carbonyl (C=O) groups excluding carboxylic acids is 1. The maximum absolute atomic E-state index is 13.2. The van der Waals surface area contributed by atoms with E-state index in [9.17, 15) is 9.18 Å². The van der Waals surface area contributed by atoms with Gasteiger partial charge in [0.25, 0.3) is 5.91 Å². The molecule has 0 aliphatic rings. The third-order valence-corrected chi connectivity index (χ3v) is 2.38. The van der Waals surface area contributed by atoms with E-state index >= 15 is 0 Å². The number of hydrogen-bond acceptors (Lipinski definition) is 3. The van der Waals surface area contributed by atoms with E-state index in [0.717, 1.165) is 0 Å². The highest BCUT2D eigenvalue weighted by Gasteiger charge is 2.03. The van der Waals surface area contributed by atoms with Crippen molar-refractivity contribution in [1.29, 1.82) is 0 Å². The predicted octanol–water partition coefficient (Wildman–Crippen LogP) is 2.23. The number of carbonyl (C=O) groups is 1. The van der Waals surface area contributed by atoms with E-state index < -0.39 is 5.82 Å². The Kier molecular flexibility index (Phi) is 4.79. The zero-order chi connectivity index (χ0) is 14.2. The van der Waals surface area contributed by atoms with Crippen molar-refractivity contribution >= 4 is 5.91 Å². The molecule has 5 heteroatoms. The molecule has 102 valence electrons. The van der Waals surface area contributed by atoms with Gasteiger partial charge in [0.2, 0.25) is 0 Å². The minimum Gasteiger partial charge on any atom is -0.478 e. The van der Waals surface area contributed by atoms with Crippen LogP contribution in [0.1, 0.15) is 10.4 Å². The Labute approximate surface area is 115 Å². The monoisotopic (exact) mass is 273 g/mol. The molecule has 1 aromatic heterocycles.